The average Bonchev–Trinajstić information content (AvgIpc) is 2.25. The first-order valence-electron chi connectivity index (χ1n) is 5.94. The van der Waals surface area contributed by atoms with Crippen LogP contribution in [0.2, 0.25) is 0 Å². The second-order valence-electron chi connectivity index (χ2n) is 5.11. The lowest BCUT2D eigenvalue weighted by molar-refractivity contribution is -0.150. The number of rotatable bonds is 4. The molecule has 1 saturated carbocycles. The first kappa shape index (κ1) is 13.5. The smallest absolute Gasteiger partial charge is 0.327 e. The van der Waals surface area contributed by atoms with Crippen LogP contribution >= 0.6 is 0 Å². The molecular formula is C12H23NO3. The molecule has 0 heterocycles. The van der Waals surface area contributed by atoms with Gasteiger partial charge in [-0.05, 0) is 25.7 Å². The van der Waals surface area contributed by atoms with Crippen LogP contribution in [0.3, 0.4) is 0 Å². The van der Waals surface area contributed by atoms with Gasteiger partial charge in [0.2, 0.25) is 0 Å². The van der Waals surface area contributed by atoms with Gasteiger partial charge in [-0.2, -0.15) is 0 Å². The van der Waals surface area contributed by atoms with E-state index < -0.39 is 11.5 Å². The Morgan fingerprint density at radius 2 is 2.19 bits per heavy atom. The fourth-order valence-electron chi connectivity index (χ4n) is 2.11. The van der Waals surface area contributed by atoms with Gasteiger partial charge in [0.1, 0.15) is 5.54 Å². The molecule has 16 heavy (non-hydrogen) atoms. The zero-order valence-electron chi connectivity index (χ0n) is 10.5. The molecule has 2 N–H and O–H groups in total. The number of nitrogens with two attached hydrogens (primary N) is 1. The van der Waals surface area contributed by atoms with Crippen molar-refractivity contribution in [1.29, 1.82) is 0 Å². The van der Waals surface area contributed by atoms with Gasteiger partial charge in [0.25, 0.3) is 0 Å². The summed E-state index contributed by atoms with van der Waals surface area (Å²) in [7, 11) is 1.34. The lowest BCUT2D eigenvalue weighted by atomic mass is 9.88. The lowest BCUT2D eigenvalue weighted by Crippen LogP contribution is -2.50. The highest BCUT2D eigenvalue weighted by Crippen LogP contribution is 2.26. The predicted octanol–water partition coefficient (Wildman–Crippen LogP) is 1.47. The second-order valence-corrected chi connectivity index (χ2v) is 5.11. The van der Waals surface area contributed by atoms with Crippen molar-refractivity contribution in [2.45, 2.75) is 51.2 Å². The number of carbonyl (C=O) groups is 1. The van der Waals surface area contributed by atoms with Crippen LogP contribution in [-0.2, 0) is 14.3 Å². The minimum Gasteiger partial charge on any atom is -0.468 e. The van der Waals surface area contributed by atoms with E-state index >= 15 is 0 Å². The molecule has 4 heteroatoms. The molecule has 0 aromatic rings. The van der Waals surface area contributed by atoms with E-state index in [0.717, 1.165) is 12.8 Å². The molecule has 1 aliphatic carbocycles. The number of hydrogen-bond donors (Lipinski definition) is 1. The fraction of sp³-hybridized carbons (Fsp3) is 0.917. The van der Waals surface area contributed by atoms with E-state index in [4.69, 9.17) is 10.5 Å². The Kier molecular flexibility index (Phi) is 4.74. The fourth-order valence-corrected chi connectivity index (χ4v) is 2.11. The van der Waals surface area contributed by atoms with Gasteiger partial charge in [0.05, 0.1) is 19.8 Å². The topological polar surface area (TPSA) is 61.5 Å². The van der Waals surface area contributed by atoms with E-state index in [1.807, 2.05) is 0 Å². The summed E-state index contributed by atoms with van der Waals surface area (Å²) in [5.41, 5.74) is 4.79. The highest BCUT2D eigenvalue weighted by Gasteiger charge is 2.31. The third-order valence-electron chi connectivity index (χ3n) is 3.16. The molecule has 0 amide bonds. The van der Waals surface area contributed by atoms with Crippen LogP contribution in [0, 0.1) is 5.92 Å². The van der Waals surface area contributed by atoms with Gasteiger partial charge >= 0.3 is 5.97 Å². The Hall–Kier alpha value is -0.610. The van der Waals surface area contributed by atoms with Crippen molar-refractivity contribution >= 4 is 5.97 Å². The van der Waals surface area contributed by atoms with E-state index in [2.05, 4.69) is 11.7 Å². The summed E-state index contributed by atoms with van der Waals surface area (Å²) in [5.74, 6) is 0.289. The Balaban J connectivity index is 2.35. The zero-order chi connectivity index (χ0) is 12.2. The molecule has 0 radical (unpaired) electrons. The van der Waals surface area contributed by atoms with Gasteiger partial charge in [0, 0.05) is 0 Å². The molecule has 0 saturated heterocycles. The Morgan fingerprint density at radius 1 is 1.50 bits per heavy atom. The molecule has 4 nitrogen and oxygen atoms in total. The summed E-state index contributed by atoms with van der Waals surface area (Å²) in [6, 6.07) is 0. The van der Waals surface area contributed by atoms with Gasteiger partial charge in [-0.3, -0.25) is 0 Å². The van der Waals surface area contributed by atoms with Crippen LogP contribution in [-0.4, -0.2) is 31.3 Å². The average molecular weight is 229 g/mol. The number of hydrogen-bond acceptors (Lipinski definition) is 4. The highest BCUT2D eigenvalue weighted by molar-refractivity contribution is 5.80. The second kappa shape index (κ2) is 5.64. The number of methoxy groups -OCH3 is 1. The third-order valence-corrected chi connectivity index (χ3v) is 3.16. The molecule has 3 atom stereocenters. The van der Waals surface area contributed by atoms with E-state index in [1.54, 1.807) is 6.92 Å². The maximum atomic E-state index is 11.3. The van der Waals surface area contributed by atoms with Crippen LogP contribution in [0.5, 0.6) is 0 Å². The monoisotopic (exact) mass is 229 g/mol. The highest BCUT2D eigenvalue weighted by atomic mass is 16.5. The van der Waals surface area contributed by atoms with E-state index in [9.17, 15) is 4.79 Å². The number of esters is 1. The van der Waals surface area contributed by atoms with Crippen molar-refractivity contribution in [3.8, 4) is 0 Å². The van der Waals surface area contributed by atoms with Crippen molar-refractivity contribution < 1.29 is 14.3 Å². The number of carbonyl (C=O) groups excluding carboxylic acids is 1. The first-order valence-corrected chi connectivity index (χ1v) is 5.94. The van der Waals surface area contributed by atoms with Gasteiger partial charge in [-0.1, -0.05) is 19.8 Å². The van der Waals surface area contributed by atoms with Gasteiger partial charge in [0.15, 0.2) is 0 Å². The van der Waals surface area contributed by atoms with E-state index in [-0.39, 0.29) is 12.7 Å². The van der Waals surface area contributed by atoms with Gasteiger partial charge in [-0.25, -0.2) is 4.79 Å². The van der Waals surface area contributed by atoms with Crippen molar-refractivity contribution in [2.75, 3.05) is 13.7 Å². The molecule has 0 bridgehead atoms. The number of ether oxygens (including phenoxy) is 2. The summed E-state index contributed by atoms with van der Waals surface area (Å²) < 4.78 is 10.3. The summed E-state index contributed by atoms with van der Waals surface area (Å²) >= 11 is 0. The van der Waals surface area contributed by atoms with Gasteiger partial charge in [-0.15, -0.1) is 0 Å². The first-order chi connectivity index (χ1) is 7.45. The molecular weight excluding hydrogens is 206 g/mol. The normalized spacial score (nSPS) is 29.5. The quantitative estimate of drug-likeness (QED) is 0.742. The summed E-state index contributed by atoms with van der Waals surface area (Å²) in [4.78, 5) is 11.3. The largest absolute Gasteiger partial charge is 0.468 e. The SMILES string of the molecule is COC(=O)C(C)(N)COC1CCCC(C)C1. The molecule has 1 rings (SSSR count). The molecule has 0 aromatic carbocycles. The maximum Gasteiger partial charge on any atom is 0.327 e. The van der Waals surface area contributed by atoms with Crippen LogP contribution in [0.4, 0.5) is 0 Å². The van der Waals surface area contributed by atoms with Crippen molar-refractivity contribution in [1.82, 2.24) is 0 Å². The molecule has 0 aromatic heterocycles. The lowest BCUT2D eigenvalue weighted by Gasteiger charge is -2.30. The van der Waals surface area contributed by atoms with Crippen LogP contribution in [0.1, 0.15) is 39.5 Å². The van der Waals surface area contributed by atoms with Crippen molar-refractivity contribution in [3.05, 3.63) is 0 Å². The van der Waals surface area contributed by atoms with Crippen LogP contribution < -0.4 is 5.73 Å². The molecule has 1 fully saturated rings. The van der Waals surface area contributed by atoms with Crippen LogP contribution in [0.25, 0.3) is 0 Å². The van der Waals surface area contributed by atoms with Crippen molar-refractivity contribution in [3.63, 3.8) is 0 Å². The van der Waals surface area contributed by atoms with Crippen molar-refractivity contribution in [2.24, 2.45) is 11.7 Å². The minimum absolute atomic E-state index is 0.233. The summed E-state index contributed by atoms with van der Waals surface area (Å²) in [6.07, 6.45) is 4.86. The van der Waals surface area contributed by atoms with E-state index in [0.29, 0.717) is 5.92 Å². The molecule has 94 valence electrons. The predicted molar refractivity (Wildman–Crippen MR) is 62.0 cm³/mol. The Bertz CT molecular complexity index is 240. The molecule has 0 spiro atoms. The Labute approximate surface area is 97.5 Å². The molecule has 1 aliphatic rings. The third kappa shape index (κ3) is 3.76. The summed E-state index contributed by atoms with van der Waals surface area (Å²) in [6.45, 7) is 4.11. The molecule has 0 aliphatic heterocycles. The minimum atomic E-state index is -1.03. The standard InChI is InChI=1S/C12H23NO3/c1-9-5-4-6-10(7-9)16-8-12(2,13)11(14)15-3/h9-10H,4-8,13H2,1-3H3. The Morgan fingerprint density at radius 3 is 2.75 bits per heavy atom. The summed E-state index contributed by atoms with van der Waals surface area (Å²) in [5, 5.41) is 0. The van der Waals surface area contributed by atoms with E-state index in [1.165, 1.54) is 20.0 Å². The maximum absolute atomic E-state index is 11.3. The van der Waals surface area contributed by atoms with Gasteiger partial charge < -0.3 is 15.2 Å². The molecule has 3 unspecified atom stereocenters. The van der Waals surface area contributed by atoms with Crippen LogP contribution in [0.15, 0.2) is 0 Å². The zero-order valence-corrected chi connectivity index (χ0v) is 10.5.